The Morgan fingerprint density at radius 3 is 2.69 bits per heavy atom. The molecule has 0 spiro atoms. The number of nitrogens with zero attached hydrogens (tertiary/aromatic N) is 1. The molecule has 5 heteroatoms. The van der Waals surface area contributed by atoms with Gasteiger partial charge >= 0.3 is 0 Å². The van der Waals surface area contributed by atoms with Gasteiger partial charge in [0.25, 0.3) is 0 Å². The van der Waals surface area contributed by atoms with Crippen LogP contribution in [0.5, 0.6) is 0 Å². The predicted molar refractivity (Wildman–Crippen MR) is 115 cm³/mol. The van der Waals surface area contributed by atoms with Crippen molar-refractivity contribution in [1.82, 2.24) is 0 Å². The number of aliphatic hydroxyl groups is 2. The van der Waals surface area contributed by atoms with E-state index in [2.05, 4.69) is 19.0 Å². The largest absolute Gasteiger partial charge is 0.396 e. The summed E-state index contributed by atoms with van der Waals surface area (Å²) in [5.41, 5.74) is 5.23. The van der Waals surface area contributed by atoms with Crippen molar-refractivity contribution in [2.24, 2.45) is 45.4 Å². The standard InChI is InChI=1S/C24H42N2O3/c1-22-10-7-19(27)16-18(22)4-5-21-20(22)8-11-23(2)17(6-12-24(21,23)28)9-14-26-29-15-3-13-25/h14,17-21,27-28H,3-13,15-16,25H2,1-2H3/b26-14+/t17-,18+,19-,20?,21?,22-,23+,24-/m0/s1. The van der Waals surface area contributed by atoms with Gasteiger partial charge < -0.3 is 20.8 Å². The lowest BCUT2D eigenvalue weighted by Gasteiger charge is -2.63. The van der Waals surface area contributed by atoms with E-state index in [1.165, 1.54) is 12.8 Å². The normalized spacial score (nSPS) is 49.5. The van der Waals surface area contributed by atoms with Gasteiger partial charge in [0.1, 0.15) is 6.61 Å². The molecule has 0 aromatic rings. The Bertz CT molecular complexity index is 613. The van der Waals surface area contributed by atoms with Crippen molar-refractivity contribution in [1.29, 1.82) is 0 Å². The van der Waals surface area contributed by atoms with E-state index in [1.807, 2.05) is 6.21 Å². The molecule has 29 heavy (non-hydrogen) atoms. The van der Waals surface area contributed by atoms with E-state index < -0.39 is 5.60 Å². The molecular weight excluding hydrogens is 364 g/mol. The SMILES string of the molecule is C[C@]12CC[C@H](O)C[C@H]1CCC1C2CC[C@]2(C)[C@H](C/C=N/OCCCN)CC[C@]12O. The average molecular weight is 407 g/mol. The van der Waals surface area contributed by atoms with Crippen molar-refractivity contribution in [2.45, 2.75) is 96.2 Å². The van der Waals surface area contributed by atoms with Crippen LogP contribution in [-0.4, -0.2) is 41.3 Å². The number of rotatable bonds is 6. The van der Waals surface area contributed by atoms with E-state index in [1.54, 1.807) is 0 Å². The molecule has 0 aromatic heterocycles. The summed E-state index contributed by atoms with van der Waals surface area (Å²) >= 11 is 0. The molecule has 0 saturated heterocycles. The van der Waals surface area contributed by atoms with E-state index >= 15 is 0 Å². The summed E-state index contributed by atoms with van der Waals surface area (Å²) < 4.78 is 0. The average Bonchev–Trinajstić information content (AvgIpc) is 2.96. The third-order valence-corrected chi connectivity index (χ3v) is 10.00. The minimum Gasteiger partial charge on any atom is -0.396 e. The second kappa shape index (κ2) is 8.12. The van der Waals surface area contributed by atoms with Gasteiger partial charge in [-0.15, -0.1) is 0 Å². The maximum absolute atomic E-state index is 12.1. The van der Waals surface area contributed by atoms with Crippen molar-refractivity contribution >= 4 is 6.21 Å². The number of hydrogen-bond acceptors (Lipinski definition) is 5. The van der Waals surface area contributed by atoms with Crippen LogP contribution in [0, 0.1) is 34.5 Å². The molecule has 0 amide bonds. The monoisotopic (exact) mass is 406 g/mol. The van der Waals surface area contributed by atoms with Gasteiger partial charge in [0.15, 0.2) is 0 Å². The van der Waals surface area contributed by atoms with Crippen molar-refractivity contribution < 1.29 is 15.1 Å². The van der Waals surface area contributed by atoms with Crippen LogP contribution in [0.3, 0.4) is 0 Å². The fourth-order valence-corrected chi connectivity index (χ4v) is 8.12. The third-order valence-electron chi connectivity index (χ3n) is 10.00. The fraction of sp³-hybridized carbons (Fsp3) is 0.958. The van der Waals surface area contributed by atoms with Gasteiger partial charge in [0.2, 0.25) is 0 Å². The summed E-state index contributed by atoms with van der Waals surface area (Å²) in [6, 6.07) is 0. The topological polar surface area (TPSA) is 88.1 Å². The molecule has 4 aliphatic rings. The molecule has 4 rings (SSSR count). The first-order chi connectivity index (χ1) is 13.8. The summed E-state index contributed by atoms with van der Waals surface area (Å²) in [6.45, 7) is 6.04. The highest BCUT2D eigenvalue weighted by atomic mass is 16.6. The van der Waals surface area contributed by atoms with Crippen molar-refractivity contribution in [3.8, 4) is 0 Å². The molecule has 0 bridgehead atoms. The molecule has 4 aliphatic carbocycles. The van der Waals surface area contributed by atoms with E-state index in [0.717, 1.165) is 57.8 Å². The molecule has 166 valence electrons. The first-order valence-electron chi connectivity index (χ1n) is 12.1. The van der Waals surface area contributed by atoms with Crippen LogP contribution in [0.1, 0.15) is 84.5 Å². The van der Waals surface area contributed by atoms with Crippen molar-refractivity contribution in [2.75, 3.05) is 13.2 Å². The minimum atomic E-state index is -0.543. The molecule has 4 N–H and O–H groups in total. The summed E-state index contributed by atoms with van der Waals surface area (Å²) in [5, 5.41) is 26.5. The molecule has 0 radical (unpaired) electrons. The second-order valence-corrected chi connectivity index (χ2v) is 11.0. The number of nitrogens with two attached hydrogens (primary N) is 1. The molecule has 0 aromatic carbocycles. The zero-order chi connectivity index (χ0) is 20.7. The number of aliphatic hydroxyl groups excluding tert-OH is 1. The van der Waals surface area contributed by atoms with E-state index in [-0.39, 0.29) is 11.5 Å². The van der Waals surface area contributed by atoms with Crippen LogP contribution in [0.4, 0.5) is 0 Å². The lowest BCUT2D eigenvalue weighted by Crippen LogP contribution is -2.62. The van der Waals surface area contributed by atoms with Gasteiger partial charge in [-0.05, 0) is 112 Å². The van der Waals surface area contributed by atoms with Crippen LogP contribution < -0.4 is 5.73 Å². The summed E-state index contributed by atoms with van der Waals surface area (Å²) in [4.78, 5) is 5.30. The van der Waals surface area contributed by atoms with E-state index in [9.17, 15) is 10.2 Å². The Hall–Kier alpha value is -0.650. The van der Waals surface area contributed by atoms with Gasteiger partial charge in [-0.3, -0.25) is 0 Å². The summed E-state index contributed by atoms with van der Waals surface area (Å²) in [5.74, 6) is 2.14. The minimum absolute atomic E-state index is 0.0190. The van der Waals surface area contributed by atoms with Gasteiger partial charge in [-0.25, -0.2) is 0 Å². The first-order valence-corrected chi connectivity index (χ1v) is 12.1. The Balaban J connectivity index is 1.46. The lowest BCUT2D eigenvalue weighted by atomic mass is 9.43. The Morgan fingerprint density at radius 2 is 1.90 bits per heavy atom. The predicted octanol–water partition coefficient (Wildman–Crippen LogP) is 3.86. The molecular formula is C24H42N2O3. The van der Waals surface area contributed by atoms with Crippen LogP contribution in [-0.2, 0) is 4.84 Å². The molecule has 2 unspecified atom stereocenters. The Kier molecular flexibility index (Phi) is 6.04. The zero-order valence-corrected chi connectivity index (χ0v) is 18.5. The maximum atomic E-state index is 12.1. The highest BCUT2D eigenvalue weighted by Crippen LogP contribution is 2.69. The van der Waals surface area contributed by atoms with Gasteiger partial charge in [-0.1, -0.05) is 19.0 Å². The van der Waals surface area contributed by atoms with Crippen LogP contribution >= 0.6 is 0 Å². The summed E-state index contributed by atoms with van der Waals surface area (Å²) in [7, 11) is 0. The van der Waals surface area contributed by atoms with Crippen molar-refractivity contribution in [3.63, 3.8) is 0 Å². The molecule has 5 nitrogen and oxygen atoms in total. The summed E-state index contributed by atoms with van der Waals surface area (Å²) in [6.07, 6.45) is 13.2. The number of oxime groups is 1. The number of hydrogen-bond donors (Lipinski definition) is 3. The second-order valence-electron chi connectivity index (χ2n) is 11.0. The van der Waals surface area contributed by atoms with Gasteiger partial charge in [0, 0.05) is 6.21 Å². The molecule has 4 fully saturated rings. The molecule has 8 atom stereocenters. The quantitative estimate of drug-likeness (QED) is 0.355. The van der Waals surface area contributed by atoms with Gasteiger partial charge in [0.05, 0.1) is 11.7 Å². The Morgan fingerprint density at radius 1 is 1.07 bits per heavy atom. The first kappa shape index (κ1) is 21.6. The molecule has 0 heterocycles. The maximum Gasteiger partial charge on any atom is 0.118 e. The van der Waals surface area contributed by atoms with E-state index in [4.69, 9.17) is 10.6 Å². The molecule has 0 aliphatic heterocycles. The van der Waals surface area contributed by atoms with Gasteiger partial charge in [-0.2, -0.15) is 0 Å². The highest BCUT2D eigenvalue weighted by Gasteiger charge is 2.66. The zero-order valence-electron chi connectivity index (χ0n) is 18.5. The van der Waals surface area contributed by atoms with Crippen LogP contribution in [0.15, 0.2) is 5.16 Å². The number of fused-ring (bicyclic) bond motifs is 5. The smallest absolute Gasteiger partial charge is 0.118 e. The van der Waals surface area contributed by atoms with E-state index in [0.29, 0.717) is 42.2 Å². The molecule has 4 saturated carbocycles. The van der Waals surface area contributed by atoms with Crippen LogP contribution in [0.2, 0.25) is 0 Å². The van der Waals surface area contributed by atoms with Crippen LogP contribution in [0.25, 0.3) is 0 Å². The third kappa shape index (κ3) is 3.45. The van der Waals surface area contributed by atoms with Crippen molar-refractivity contribution in [3.05, 3.63) is 0 Å². The highest BCUT2D eigenvalue weighted by molar-refractivity contribution is 5.57. The lowest BCUT2D eigenvalue weighted by molar-refractivity contribution is -0.209. The fourth-order valence-electron chi connectivity index (χ4n) is 8.12. The Labute approximate surface area is 176 Å².